The van der Waals surface area contributed by atoms with Crippen LogP contribution in [0.1, 0.15) is 27.9 Å². The van der Waals surface area contributed by atoms with E-state index in [1.165, 1.54) is 4.88 Å². The number of nitrogens with zero attached hydrogens (tertiary/aromatic N) is 2. The third-order valence-corrected chi connectivity index (χ3v) is 3.59. The normalized spacial score (nSPS) is 10.6. The topological polar surface area (TPSA) is 34.9 Å². The van der Waals surface area contributed by atoms with Gasteiger partial charge in [0.15, 0.2) is 5.78 Å². The standard InChI is InChI=1S/C12H14N2OS/c1-9-12(16-8-13-9)4-6-14-5-3-11(7-14)10(2)15/h3,5,7-8H,4,6H2,1-2H3. The lowest BCUT2D eigenvalue weighted by Crippen LogP contribution is -1.98. The zero-order chi connectivity index (χ0) is 11.5. The minimum Gasteiger partial charge on any atom is -0.353 e. The molecule has 0 aliphatic rings. The van der Waals surface area contributed by atoms with Crippen molar-refractivity contribution < 1.29 is 4.79 Å². The Kier molecular flexibility index (Phi) is 3.19. The van der Waals surface area contributed by atoms with Crippen molar-refractivity contribution in [3.63, 3.8) is 0 Å². The number of ketones is 1. The molecule has 2 aromatic heterocycles. The third kappa shape index (κ3) is 2.39. The summed E-state index contributed by atoms with van der Waals surface area (Å²) < 4.78 is 2.05. The van der Waals surface area contributed by atoms with E-state index in [0.717, 1.165) is 24.2 Å². The minimum atomic E-state index is 0.118. The van der Waals surface area contributed by atoms with E-state index in [1.807, 2.05) is 30.9 Å². The average molecular weight is 234 g/mol. The molecule has 2 aromatic rings. The van der Waals surface area contributed by atoms with Crippen molar-refractivity contribution in [2.45, 2.75) is 26.8 Å². The molecule has 0 saturated heterocycles. The zero-order valence-electron chi connectivity index (χ0n) is 9.43. The number of rotatable bonds is 4. The van der Waals surface area contributed by atoms with E-state index >= 15 is 0 Å². The zero-order valence-corrected chi connectivity index (χ0v) is 10.3. The van der Waals surface area contributed by atoms with Crippen LogP contribution in [0.4, 0.5) is 0 Å². The summed E-state index contributed by atoms with van der Waals surface area (Å²) >= 11 is 1.69. The highest BCUT2D eigenvalue weighted by Crippen LogP contribution is 2.14. The molecule has 0 unspecified atom stereocenters. The summed E-state index contributed by atoms with van der Waals surface area (Å²) in [5.41, 5.74) is 3.77. The number of carbonyl (C=O) groups excluding carboxylic acids is 1. The van der Waals surface area contributed by atoms with Crippen molar-refractivity contribution in [1.29, 1.82) is 0 Å². The summed E-state index contributed by atoms with van der Waals surface area (Å²) in [4.78, 5) is 16.7. The van der Waals surface area contributed by atoms with Crippen LogP contribution in [0.2, 0.25) is 0 Å². The first-order valence-electron chi connectivity index (χ1n) is 5.22. The molecule has 0 aromatic carbocycles. The van der Waals surface area contributed by atoms with E-state index in [-0.39, 0.29) is 5.78 Å². The number of carbonyl (C=O) groups is 1. The van der Waals surface area contributed by atoms with Crippen molar-refractivity contribution in [2.24, 2.45) is 0 Å². The molecule has 0 aliphatic heterocycles. The lowest BCUT2D eigenvalue weighted by Gasteiger charge is -2.01. The van der Waals surface area contributed by atoms with Crippen molar-refractivity contribution in [3.8, 4) is 0 Å². The van der Waals surface area contributed by atoms with Gasteiger partial charge in [-0.15, -0.1) is 11.3 Å². The molecule has 4 heteroatoms. The molecule has 0 radical (unpaired) electrons. The van der Waals surface area contributed by atoms with E-state index in [1.54, 1.807) is 18.3 Å². The van der Waals surface area contributed by atoms with Crippen molar-refractivity contribution in [3.05, 3.63) is 40.1 Å². The molecule has 0 saturated carbocycles. The van der Waals surface area contributed by atoms with Gasteiger partial charge in [-0.2, -0.15) is 0 Å². The summed E-state index contributed by atoms with van der Waals surface area (Å²) in [6.07, 6.45) is 4.83. The smallest absolute Gasteiger partial charge is 0.161 e. The Morgan fingerprint density at radius 2 is 2.38 bits per heavy atom. The molecule has 3 nitrogen and oxygen atoms in total. The Bertz CT molecular complexity index is 499. The highest BCUT2D eigenvalue weighted by Gasteiger charge is 2.04. The summed E-state index contributed by atoms with van der Waals surface area (Å²) in [6, 6.07) is 1.86. The molecule has 2 heterocycles. The van der Waals surface area contributed by atoms with Gasteiger partial charge in [-0.25, -0.2) is 4.98 Å². The van der Waals surface area contributed by atoms with E-state index < -0.39 is 0 Å². The second kappa shape index (κ2) is 4.61. The first kappa shape index (κ1) is 11.1. The van der Waals surface area contributed by atoms with E-state index in [9.17, 15) is 4.79 Å². The predicted molar refractivity (Wildman–Crippen MR) is 65.0 cm³/mol. The Balaban J connectivity index is 2.00. The highest BCUT2D eigenvalue weighted by molar-refractivity contribution is 7.09. The van der Waals surface area contributed by atoms with Gasteiger partial charge in [0, 0.05) is 35.8 Å². The van der Waals surface area contributed by atoms with Crippen LogP contribution in [-0.2, 0) is 13.0 Å². The molecule has 0 spiro atoms. The first-order chi connectivity index (χ1) is 7.66. The van der Waals surface area contributed by atoms with Crippen LogP contribution in [0.15, 0.2) is 24.0 Å². The Labute approximate surface area is 98.8 Å². The van der Waals surface area contributed by atoms with Gasteiger partial charge in [0.05, 0.1) is 11.2 Å². The van der Waals surface area contributed by atoms with E-state index in [2.05, 4.69) is 9.55 Å². The monoisotopic (exact) mass is 234 g/mol. The van der Waals surface area contributed by atoms with E-state index in [0.29, 0.717) is 0 Å². The van der Waals surface area contributed by atoms with Crippen molar-refractivity contribution >= 4 is 17.1 Å². The van der Waals surface area contributed by atoms with Gasteiger partial charge in [-0.1, -0.05) is 0 Å². The number of hydrogen-bond acceptors (Lipinski definition) is 3. The lowest BCUT2D eigenvalue weighted by molar-refractivity contribution is 0.101. The van der Waals surface area contributed by atoms with Crippen LogP contribution >= 0.6 is 11.3 Å². The van der Waals surface area contributed by atoms with Crippen molar-refractivity contribution in [1.82, 2.24) is 9.55 Å². The molecule has 2 rings (SSSR count). The second-order valence-corrected chi connectivity index (χ2v) is 4.74. The van der Waals surface area contributed by atoms with Crippen LogP contribution in [0.5, 0.6) is 0 Å². The van der Waals surface area contributed by atoms with Gasteiger partial charge in [0.1, 0.15) is 0 Å². The summed E-state index contributed by atoms with van der Waals surface area (Å²) in [5, 5.41) is 0. The predicted octanol–water partition coefficient (Wildman–Crippen LogP) is 2.70. The van der Waals surface area contributed by atoms with Crippen LogP contribution in [-0.4, -0.2) is 15.3 Å². The SMILES string of the molecule is CC(=O)c1ccn(CCc2scnc2C)c1. The molecule has 0 atom stereocenters. The molecule has 0 aliphatic carbocycles. The maximum atomic E-state index is 11.1. The van der Waals surface area contributed by atoms with Gasteiger partial charge in [0.2, 0.25) is 0 Å². The summed E-state index contributed by atoms with van der Waals surface area (Å²) in [6.45, 7) is 4.52. The van der Waals surface area contributed by atoms with Crippen LogP contribution in [0, 0.1) is 6.92 Å². The molecular formula is C12H14N2OS. The highest BCUT2D eigenvalue weighted by atomic mass is 32.1. The Morgan fingerprint density at radius 3 is 2.94 bits per heavy atom. The summed E-state index contributed by atoms with van der Waals surface area (Å²) in [5.74, 6) is 0.118. The van der Waals surface area contributed by atoms with Gasteiger partial charge >= 0.3 is 0 Å². The molecule has 16 heavy (non-hydrogen) atoms. The molecule has 0 fully saturated rings. The lowest BCUT2D eigenvalue weighted by atomic mass is 10.2. The number of aryl methyl sites for hydroxylation is 3. The first-order valence-corrected chi connectivity index (χ1v) is 6.10. The largest absolute Gasteiger partial charge is 0.353 e. The van der Waals surface area contributed by atoms with Crippen LogP contribution in [0.3, 0.4) is 0 Å². The molecular weight excluding hydrogens is 220 g/mol. The van der Waals surface area contributed by atoms with Crippen LogP contribution < -0.4 is 0 Å². The molecule has 0 bridgehead atoms. The fraction of sp³-hybridized carbons (Fsp3) is 0.333. The fourth-order valence-corrected chi connectivity index (χ4v) is 2.36. The Morgan fingerprint density at radius 1 is 1.56 bits per heavy atom. The number of thiazole rings is 1. The number of Topliss-reactive ketones (excluding diaryl/α,β-unsaturated/α-hetero) is 1. The Hall–Kier alpha value is -1.42. The molecule has 0 amide bonds. The summed E-state index contributed by atoms with van der Waals surface area (Å²) in [7, 11) is 0. The molecule has 0 N–H and O–H groups in total. The number of hydrogen-bond donors (Lipinski definition) is 0. The van der Waals surface area contributed by atoms with Gasteiger partial charge < -0.3 is 4.57 Å². The minimum absolute atomic E-state index is 0.118. The number of aromatic nitrogens is 2. The third-order valence-electron chi connectivity index (χ3n) is 2.60. The van der Waals surface area contributed by atoms with Crippen molar-refractivity contribution in [2.75, 3.05) is 0 Å². The fourth-order valence-electron chi connectivity index (χ4n) is 1.58. The quantitative estimate of drug-likeness (QED) is 0.762. The van der Waals surface area contributed by atoms with Gasteiger partial charge in [0.25, 0.3) is 0 Å². The average Bonchev–Trinajstić information content (AvgIpc) is 2.83. The van der Waals surface area contributed by atoms with Gasteiger partial charge in [-0.3, -0.25) is 4.79 Å². The second-order valence-electron chi connectivity index (χ2n) is 3.81. The molecule has 84 valence electrons. The maximum Gasteiger partial charge on any atom is 0.161 e. The van der Waals surface area contributed by atoms with Gasteiger partial charge in [-0.05, 0) is 19.9 Å². The van der Waals surface area contributed by atoms with Crippen LogP contribution in [0.25, 0.3) is 0 Å². The maximum absolute atomic E-state index is 11.1. The van der Waals surface area contributed by atoms with E-state index in [4.69, 9.17) is 0 Å².